The number of aryl methyl sites for hydroxylation is 2. The molecule has 5 nitrogen and oxygen atoms in total. The zero-order chi connectivity index (χ0) is 17.0. The largest absolute Gasteiger partial charge is 0.339 e. The second-order valence-electron chi connectivity index (χ2n) is 6.57. The molecule has 0 saturated carbocycles. The molecule has 2 rings (SSSR count). The van der Waals surface area contributed by atoms with E-state index in [2.05, 4.69) is 31.3 Å². The molecule has 1 N–H and O–H groups in total. The van der Waals surface area contributed by atoms with Crippen molar-refractivity contribution in [2.75, 3.05) is 26.2 Å². The molecule has 1 saturated heterocycles. The minimum Gasteiger partial charge on any atom is -0.339 e. The van der Waals surface area contributed by atoms with Gasteiger partial charge in [-0.2, -0.15) is 0 Å². The number of benzene rings is 1. The van der Waals surface area contributed by atoms with Crippen LogP contribution in [0, 0.1) is 13.8 Å². The van der Waals surface area contributed by atoms with E-state index >= 15 is 0 Å². The monoisotopic (exact) mass is 317 g/mol. The second-order valence-corrected chi connectivity index (χ2v) is 6.57. The van der Waals surface area contributed by atoms with Crippen molar-refractivity contribution in [3.8, 4) is 0 Å². The Morgan fingerprint density at radius 2 is 1.65 bits per heavy atom. The molecule has 0 radical (unpaired) electrons. The maximum Gasteiger partial charge on any atom is 0.317 e. The molecule has 0 unspecified atom stereocenters. The van der Waals surface area contributed by atoms with Gasteiger partial charge in [-0.25, -0.2) is 4.79 Å². The summed E-state index contributed by atoms with van der Waals surface area (Å²) in [6, 6.07) is 6.26. The van der Waals surface area contributed by atoms with E-state index in [1.54, 1.807) is 4.90 Å². The summed E-state index contributed by atoms with van der Waals surface area (Å²) in [6.07, 6.45) is 0.430. The van der Waals surface area contributed by atoms with Gasteiger partial charge in [0.25, 0.3) is 0 Å². The Balaban J connectivity index is 1.86. The molecule has 1 aliphatic rings. The standard InChI is InChI=1S/C18H27N3O2/c1-13(2)19-18(23)21-9-7-20(8-10-21)17(22)12-16-6-5-14(3)15(4)11-16/h5-6,11,13H,7-10,12H2,1-4H3,(H,19,23). The van der Waals surface area contributed by atoms with Crippen molar-refractivity contribution < 1.29 is 9.59 Å². The average molecular weight is 317 g/mol. The SMILES string of the molecule is Cc1ccc(CC(=O)N2CCN(C(=O)NC(C)C)CC2)cc1C. The van der Waals surface area contributed by atoms with E-state index in [9.17, 15) is 9.59 Å². The zero-order valence-electron chi connectivity index (χ0n) is 14.6. The molecule has 1 fully saturated rings. The highest BCUT2D eigenvalue weighted by Gasteiger charge is 2.24. The van der Waals surface area contributed by atoms with Crippen LogP contribution in [0.4, 0.5) is 4.79 Å². The topological polar surface area (TPSA) is 52.7 Å². The van der Waals surface area contributed by atoms with Crippen molar-refractivity contribution in [2.45, 2.75) is 40.2 Å². The molecular weight excluding hydrogens is 290 g/mol. The van der Waals surface area contributed by atoms with Gasteiger partial charge in [-0.05, 0) is 44.4 Å². The Kier molecular flexibility index (Phi) is 5.64. The van der Waals surface area contributed by atoms with Crippen LogP contribution in [-0.4, -0.2) is 54.0 Å². The minimum atomic E-state index is -0.0405. The molecular formula is C18H27N3O2. The van der Waals surface area contributed by atoms with Crippen molar-refractivity contribution in [3.05, 3.63) is 34.9 Å². The molecule has 1 heterocycles. The lowest BCUT2D eigenvalue weighted by Gasteiger charge is -2.35. The number of nitrogens with one attached hydrogen (secondary N) is 1. The highest BCUT2D eigenvalue weighted by Crippen LogP contribution is 2.12. The van der Waals surface area contributed by atoms with Gasteiger partial charge in [0.15, 0.2) is 0 Å². The van der Waals surface area contributed by atoms with Gasteiger partial charge in [0.05, 0.1) is 6.42 Å². The van der Waals surface area contributed by atoms with E-state index in [-0.39, 0.29) is 18.0 Å². The van der Waals surface area contributed by atoms with Gasteiger partial charge in [-0.15, -0.1) is 0 Å². The van der Waals surface area contributed by atoms with E-state index in [1.807, 2.05) is 24.8 Å². The highest BCUT2D eigenvalue weighted by atomic mass is 16.2. The van der Waals surface area contributed by atoms with Gasteiger partial charge in [-0.3, -0.25) is 4.79 Å². The molecule has 3 amide bonds. The number of urea groups is 1. The quantitative estimate of drug-likeness (QED) is 0.928. The summed E-state index contributed by atoms with van der Waals surface area (Å²) in [5, 5.41) is 2.89. The van der Waals surface area contributed by atoms with Crippen LogP contribution >= 0.6 is 0 Å². The smallest absolute Gasteiger partial charge is 0.317 e. The number of nitrogens with zero attached hydrogens (tertiary/aromatic N) is 2. The van der Waals surface area contributed by atoms with Crippen molar-refractivity contribution in [3.63, 3.8) is 0 Å². The van der Waals surface area contributed by atoms with Crippen LogP contribution < -0.4 is 5.32 Å². The summed E-state index contributed by atoms with van der Waals surface area (Å²) in [5.41, 5.74) is 3.51. The van der Waals surface area contributed by atoms with Crippen LogP contribution in [0.2, 0.25) is 0 Å². The van der Waals surface area contributed by atoms with Crippen LogP contribution in [0.15, 0.2) is 18.2 Å². The fourth-order valence-electron chi connectivity index (χ4n) is 2.70. The summed E-state index contributed by atoms with van der Waals surface area (Å²) < 4.78 is 0. The van der Waals surface area contributed by atoms with Gasteiger partial charge < -0.3 is 15.1 Å². The summed E-state index contributed by atoms with van der Waals surface area (Å²) in [7, 11) is 0. The molecule has 1 aliphatic heterocycles. The zero-order valence-corrected chi connectivity index (χ0v) is 14.6. The first-order valence-electron chi connectivity index (χ1n) is 8.26. The summed E-state index contributed by atoms with van der Waals surface area (Å²) in [6.45, 7) is 10.4. The predicted octanol–water partition coefficient (Wildman–Crippen LogP) is 2.11. The molecule has 1 aromatic carbocycles. The Bertz CT molecular complexity index is 576. The van der Waals surface area contributed by atoms with E-state index in [0.717, 1.165) is 5.56 Å². The summed E-state index contributed by atoms with van der Waals surface area (Å²) >= 11 is 0. The first-order valence-corrected chi connectivity index (χ1v) is 8.26. The van der Waals surface area contributed by atoms with Crippen molar-refractivity contribution in [1.82, 2.24) is 15.1 Å². The van der Waals surface area contributed by atoms with Crippen LogP contribution in [0.3, 0.4) is 0 Å². The first kappa shape index (κ1) is 17.3. The van der Waals surface area contributed by atoms with Gasteiger partial charge in [-0.1, -0.05) is 18.2 Å². The molecule has 5 heteroatoms. The maximum absolute atomic E-state index is 12.4. The molecule has 0 bridgehead atoms. The Labute approximate surface area is 138 Å². The number of piperazine rings is 1. The number of carbonyl (C=O) groups is 2. The third kappa shape index (κ3) is 4.71. The third-order valence-electron chi connectivity index (χ3n) is 4.26. The number of carbonyl (C=O) groups excluding carboxylic acids is 2. The molecule has 0 aromatic heterocycles. The van der Waals surface area contributed by atoms with Crippen molar-refractivity contribution >= 4 is 11.9 Å². The van der Waals surface area contributed by atoms with Gasteiger partial charge in [0.2, 0.25) is 5.91 Å². The van der Waals surface area contributed by atoms with E-state index in [4.69, 9.17) is 0 Å². The van der Waals surface area contributed by atoms with Crippen molar-refractivity contribution in [1.29, 1.82) is 0 Å². The molecule has 126 valence electrons. The molecule has 0 spiro atoms. The maximum atomic E-state index is 12.4. The third-order valence-corrected chi connectivity index (χ3v) is 4.26. The van der Waals surface area contributed by atoms with E-state index in [1.165, 1.54) is 11.1 Å². The minimum absolute atomic E-state index is 0.0405. The number of rotatable bonds is 3. The van der Waals surface area contributed by atoms with Gasteiger partial charge >= 0.3 is 6.03 Å². The van der Waals surface area contributed by atoms with Crippen LogP contribution in [0.1, 0.15) is 30.5 Å². The molecule has 0 aliphatic carbocycles. The molecule has 1 aromatic rings. The fraction of sp³-hybridized carbons (Fsp3) is 0.556. The Morgan fingerprint density at radius 1 is 1.04 bits per heavy atom. The number of hydrogen-bond donors (Lipinski definition) is 1. The van der Waals surface area contributed by atoms with Crippen molar-refractivity contribution in [2.24, 2.45) is 0 Å². The Hall–Kier alpha value is -2.04. The lowest BCUT2D eigenvalue weighted by molar-refractivity contribution is -0.131. The number of amides is 3. The van der Waals surface area contributed by atoms with Gasteiger partial charge in [0, 0.05) is 32.2 Å². The van der Waals surface area contributed by atoms with Crippen LogP contribution in [0.5, 0.6) is 0 Å². The summed E-state index contributed by atoms with van der Waals surface area (Å²) in [4.78, 5) is 28.0. The van der Waals surface area contributed by atoms with Crippen LogP contribution in [0.25, 0.3) is 0 Å². The first-order chi connectivity index (χ1) is 10.9. The van der Waals surface area contributed by atoms with E-state index < -0.39 is 0 Å². The highest BCUT2D eigenvalue weighted by molar-refractivity contribution is 5.79. The normalized spacial score (nSPS) is 15.0. The Morgan fingerprint density at radius 3 is 2.22 bits per heavy atom. The predicted molar refractivity (Wildman–Crippen MR) is 91.4 cm³/mol. The average Bonchev–Trinajstić information content (AvgIpc) is 2.50. The lowest BCUT2D eigenvalue weighted by atomic mass is 10.0. The second kappa shape index (κ2) is 7.49. The van der Waals surface area contributed by atoms with Crippen LogP contribution in [-0.2, 0) is 11.2 Å². The van der Waals surface area contributed by atoms with E-state index in [0.29, 0.717) is 32.6 Å². The lowest BCUT2D eigenvalue weighted by Crippen LogP contribution is -2.54. The molecule has 0 atom stereocenters. The fourth-order valence-corrected chi connectivity index (χ4v) is 2.70. The number of hydrogen-bond acceptors (Lipinski definition) is 2. The molecule has 23 heavy (non-hydrogen) atoms. The summed E-state index contributed by atoms with van der Waals surface area (Å²) in [5.74, 6) is 0.136. The van der Waals surface area contributed by atoms with Gasteiger partial charge in [0.1, 0.15) is 0 Å².